The summed E-state index contributed by atoms with van der Waals surface area (Å²) >= 11 is 0. The Morgan fingerprint density at radius 2 is 1.71 bits per heavy atom. The first kappa shape index (κ1) is 26.1. The summed E-state index contributed by atoms with van der Waals surface area (Å²) in [6.45, 7) is 6.53. The third kappa shape index (κ3) is 5.48. The van der Waals surface area contributed by atoms with E-state index < -0.39 is 10.0 Å². The van der Waals surface area contributed by atoms with E-state index in [2.05, 4.69) is 20.0 Å². The Bertz CT molecular complexity index is 1400. The smallest absolute Gasteiger partial charge is 0.248 e. The number of carbonyl (C=O) groups excluding carboxylic acids is 1. The topological polar surface area (TPSA) is 113 Å². The van der Waals surface area contributed by atoms with Crippen LogP contribution in [0.3, 0.4) is 0 Å². The molecule has 1 amide bonds. The third-order valence-corrected chi connectivity index (χ3v) is 9.12. The van der Waals surface area contributed by atoms with Crippen LogP contribution in [0, 0.1) is 19.8 Å². The number of nitrogens with zero attached hydrogens (tertiary/aromatic N) is 6. The van der Waals surface area contributed by atoms with Gasteiger partial charge < -0.3 is 14.3 Å². The number of hydrogen-bond donors (Lipinski definition) is 0. The fraction of sp³-hybridized carbons (Fsp3) is 0.407. The normalized spacial score (nSPS) is 19.3. The van der Waals surface area contributed by atoms with Gasteiger partial charge in [0, 0.05) is 51.7 Å². The summed E-state index contributed by atoms with van der Waals surface area (Å²) in [4.78, 5) is 25.9. The summed E-state index contributed by atoms with van der Waals surface area (Å²) in [5.41, 5.74) is 2.37. The predicted molar refractivity (Wildman–Crippen MR) is 144 cm³/mol. The first-order valence-electron chi connectivity index (χ1n) is 12.8. The molecule has 0 N–H and O–H groups in total. The van der Waals surface area contributed by atoms with Gasteiger partial charge in [-0.15, -0.1) is 0 Å². The second kappa shape index (κ2) is 11.0. The Hall–Kier alpha value is -3.57. The number of benzene rings is 1. The highest BCUT2D eigenvalue weighted by Crippen LogP contribution is 2.30. The Morgan fingerprint density at radius 3 is 2.42 bits per heavy atom. The third-order valence-electron chi connectivity index (χ3n) is 7.10. The molecule has 200 valence electrons. The summed E-state index contributed by atoms with van der Waals surface area (Å²) in [7, 11) is -3.90. The number of piperazine rings is 1. The van der Waals surface area contributed by atoms with Crippen LogP contribution < -0.4 is 4.90 Å². The van der Waals surface area contributed by atoms with Gasteiger partial charge in [0.25, 0.3) is 0 Å². The average molecular weight is 537 g/mol. The van der Waals surface area contributed by atoms with Crippen LogP contribution in [0.25, 0.3) is 12.2 Å². The lowest BCUT2D eigenvalue weighted by Gasteiger charge is -2.38. The molecule has 0 saturated carbocycles. The molecule has 10 nitrogen and oxygen atoms in total. The summed E-state index contributed by atoms with van der Waals surface area (Å²) in [6.07, 6.45) is 8.14. The van der Waals surface area contributed by atoms with E-state index >= 15 is 0 Å². The highest BCUT2D eigenvalue weighted by Gasteiger charge is 2.38. The molecule has 2 aromatic heterocycles. The van der Waals surface area contributed by atoms with Gasteiger partial charge in [-0.3, -0.25) is 4.79 Å². The molecule has 2 aliphatic heterocycles. The number of carbonyl (C=O) groups is 1. The Morgan fingerprint density at radius 1 is 1.00 bits per heavy atom. The van der Waals surface area contributed by atoms with Crippen molar-refractivity contribution < 1.29 is 17.7 Å². The Labute approximate surface area is 223 Å². The quantitative estimate of drug-likeness (QED) is 0.473. The van der Waals surface area contributed by atoms with Crippen LogP contribution in [-0.2, 0) is 14.8 Å². The van der Waals surface area contributed by atoms with Crippen molar-refractivity contribution in [1.29, 1.82) is 0 Å². The van der Waals surface area contributed by atoms with Crippen molar-refractivity contribution in [2.75, 3.05) is 44.2 Å². The fourth-order valence-corrected chi connectivity index (χ4v) is 6.75. The molecule has 2 saturated heterocycles. The zero-order chi connectivity index (χ0) is 26.7. The Kier molecular flexibility index (Phi) is 7.57. The van der Waals surface area contributed by atoms with Gasteiger partial charge in [0.2, 0.25) is 21.9 Å². The molecular weight excluding hydrogens is 504 g/mol. The summed E-state index contributed by atoms with van der Waals surface area (Å²) in [6, 6.07) is 9.66. The minimum absolute atomic E-state index is 0.0000564. The van der Waals surface area contributed by atoms with Gasteiger partial charge >= 0.3 is 0 Å². The summed E-state index contributed by atoms with van der Waals surface area (Å²) < 4.78 is 34.3. The van der Waals surface area contributed by atoms with Crippen molar-refractivity contribution in [3.8, 4) is 0 Å². The van der Waals surface area contributed by atoms with Crippen molar-refractivity contribution in [2.45, 2.75) is 31.6 Å². The van der Waals surface area contributed by atoms with Gasteiger partial charge in [0.15, 0.2) is 10.7 Å². The molecule has 11 heteroatoms. The van der Waals surface area contributed by atoms with E-state index in [1.165, 1.54) is 4.31 Å². The van der Waals surface area contributed by atoms with Gasteiger partial charge in [-0.2, -0.15) is 4.31 Å². The lowest BCUT2D eigenvalue weighted by atomic mass is 9.98. The van der Waals surface area contributed by atoms with E-state index in [0.29, 0.717) is 57.2 Å². The summed E-state index contributed by atoms with van der Waals surface area (Å²) in [5, 5.41) is 3.94. The first-order valence-corrected chi connectivity index (χ1v) is 14.3. The van der Waals surface area contributed by atoms with Gasteiger partial charge in [-0.1, -0.05) is 41.1 Å². The maximum atomic E-state index is 13.7. The van der Waals surface area contributed by atoms with E-state index in [0.717, 1.165) is 11.1 Å². The van der Waals surface area contributed by atoms with Crippen LogP contribution in [0.2, 0.25) is 0 Å². The maximum absolute atomic E-state index is 13.7. The molecule has 1 unspecified atom stereocenters. The molecule has 1 atom stereocenters. The zero-order valence-corrected chi connectivity index (χ0v) is 22.5. The van der Waals surface area contributed by atoms with Gasteiger partial charge in [-0.05, 0) is 44.4 Å². The molecule has 5 rings (SSSR count). The predicted octanol–water partition coefficient (Wildman–Crippen LogP) is 3.00. The van der Waals surface area contributed by atoms with Crippen LogP contribution in [-0.4, -0.2) is 77.9 Å². The van der Waals surface area contributed by atoms with E-state index in [1.807, 2.05) is 36.1 Å². The summed E-state index contributed by atoms with van der Waals surface area (Å²) in [5.74, 6) is 0.464. The molecule has 0 spiro atoms. The van der Waals surface area contributed by atoms with Crippen LogP contribution in [0.4, 0.5) is 5.95 Å². The maximum Gasteiger partial charge on any atom is 0.248 e. The van der Waals surface area contributed by atoms with Crippen molar-refractivity contribution in [2.24, 2.45) is 5.92 Å². The van der Waals surface area contributed by atoms with E-state index in [9.17, 15) is 13.2 Å². The number of anilines is 1. The second-order valence-corrected chi connectivity index (χ2v) is 11.6. The number of aryl methyl sites for hydroxylation is 2. The van der Waals surface area contributed by atoms with Crippen LogP contribution in [0.5, 0.6) is 0 Å². The average Bonchev–Trinajstić information content (AvgIpc) is 3.34. The number of sulfonamides is 1. The highest BCUT2D eigenvalue weighted by atomic mass is 32.2. The van der Waals surface area contributed by atoms with E-state index in [1.54, 1.807) is 37.5 Å². The number of hydrogen-bond acceptors (Lipinski definition) is 8. The molecule has 0 radical (unpaired) electrons. The molecule has 0 aliphatic carbocycles. The minimum atomic E-state index is -3.90. The minimum Gasteiger partial charge on any atom is -0.355 e. The van der Waals surface area contributed by atoms with E-state index in [-0.39, 0.29) is 29.0 Å². The Balaban J connectivity index is 1.27. The van der Waals surface area contributed by atoms with Crippen molar-refractivity contribution in [1.82, 2.24) is 24.3 Å². The number of rotatable bonds is 6. The van der Waals surface area contributed by atoms with Crippen LogP contribution >= 0.6 is 0 Å². The second-order valence-electron chi connectivity index (χ2n) is 9.77. The molecule has 0 bridgehead atoms. The monoisotopic (exact) mass is 536 g/mol. The molecule has 4 heterocycles. The SMILES string of the molecule is Cc1ccc(C=Cc2onc(C)c2S(=O)(=O)N2CCCC(C(=O)N3CCN(c4ncccn4)CC3)C2)cc1. The standard InChI is InChI=1S/C27H32N6O4S/c1-20-6-8-22(9-7-20)10-11-24-25(21(2)30-37-24)38(35,36)33-14-3-5-23(19-33)26(34)31-15-17-32(18-16-31)27-28-12-4-13-29-27/h4,6-13,23H,3,5,14-19H2,1-2H3. The fourth-order valence-electron chi connectivity index (χ4n) is 4.98. The number of piperidine rings is 1. The molecule has 1 aromatic carbocycles. The lowest BCUT2D eigenvalue weighted by Crippen LogP contribution is -2.53. The largest absolute Gasteiger partial charge is 0.355 e. The molecular formula is C27H32N6O4S. The molecule has 2 aliphatic rings. The van der Waals surface area contributed by atoms with Gasteiger partial charge in [0.05, 0.1) is 5.92 Å². The highest BCUT2D eigenvalue weighted by molar-refractivity contribution is 7.89. The van der Waals surface area contributed by atoms with Gasteiger partial charge in [-0.25, -0.2) is 18.4 Å². The molecule has 3 aromatic rings. The van der Waals surface area contributed by atoms with Crippen LogP contribution in [0.15, 0.2) is 52.1 Å². The molecule has 2 fully saturated rings. The van der Waals surface area contributed by atoms with Crippen LogP contribution in [0.1, 0.15) is 35.4 Å². The van der Waals surface area contributed by atoms with Crippen molar-refractivity contribution >= 4 is 34.0 Å². The lowest BCUT2D eigenvalue weighted by molar-refractivity contribution is -0.137. The van der Waals surface area contributed by atoms with Crippen molar-refractivity contribution in [3.05, 3.63) is 65.3 Å². The van der Waals surface area contributed by atoms with Crippen molar-refractivity contribution in [3.63, 3.8) is 0 Å². The number of amides is 1. The molecule has 38 heavy (non-hydrogen) atoms. The van der Waals surface area contributed by atoms with E-state index in [4.69, 9.17) is 4.52 Å². The zero-order valence-electron chi connectivity index (χ0n) is 21.7. The van der Waals surface area contributed by atoms with Gasteiger partial charge in [0.1, 0.15) is 5.69 Å². The number of aromatic nitrogens is 3. The first-order chi connectivity index (χ1) is 18.3.